The molecule has 0 aliphatic rings. The molecule has 0 aliphatic heterocycles. The average Bonchev–Trinajstić information content (AvgIpc) is 1.98. The molecule has 0 radical (unpaired) electrons. The summed E-state index contributed by atoms with van der Waals surface area (Å²) < 4.78 is 0. The van der Waals surface area contributed by atoms with Gasteiger partial charge in [-0.3, -0.25) is 9.59 Å². The van der Waals surface area contributed by atoms with Gasteiger partial charge in [0.05, 0.1) is 0 Å². The van der Waals surface area contributed by atoms with E-state index < -0.39 is 22.7 Å². The summed E-state index contributed by atoms with van der Waals surface area (Å²) in [5.74, 6) is -2.32. The Morgan fingerprint density at radius 2 is 1.25 bits per heavy atom. The fourth-order valence-electron chi connectivity index (χ4n) is 0.540. The zero-order valence-electron chi connectivity index (χ0n) is 6.04. The third kappa shape index (κ3) is 4.41. The number of carbonyl (C=O) groups is 2. The van der Waals surface area contributed by atoms with E-state index in [2.05, 4.69) is 0 Å². The van der Waals surface area contributed by atoms with Gasteiger partial charge < -0.3 is 10.2 Å². The quantitative estimate of drug-likeness (QED) is 0.674. The highest BCUT2D eigenvalue weighted by Gasteiger charge is 2.19. The molecule has 12 heavy (non-hydrogen) atoms. The molecule has 0 rings (SSSR count). The standard InChI is InChI=1S/C6H8Cl2O4/c7-3(5(9)10)1-2-4(8)6(11)12/h3-4H,1-2H2,(H,9,10)(H,11,12)/t3-,4+. The molecule has 0 aliphatic carbocycles. The van der Waals surface area contributed by atoms with E-state index in [1.165, 1.54) is 0 Å². The van der Waals surface area contributed by atoms with Crippen LogP contribution in [0, 0.1) is 0 Å². The van der Waals surface area contributed by atoms with Gasteiger partial charge in [-0.1, -0.05) is 0 Å². The number of carboxylic acid groups (broad SMARTS) is 2. The van der Waals surface area contributed by atoms with Crippen LogP contribution in [0.15, 0.2) is 0 Å². The molecule has 0 amide bonds. The van der Waals surface area contributed by atoms with Crippen LogP contribution < -0.4 is 0 Å². The van der Waals surface area contributed by atoms with E-state index in [0.717, 1.165) is 0 Å². The van der Waals surface area contributed by atoms with Gasteiger partial charge in [-0.2, -0.15) is 0 Å². The molecule has 0 aromatic carbocycles. The lowest BCUT2D eigenvalue weighted by atomic mass is 10.2. The van der Waals surface area contributed by atoms with Gasteiger partial charge in [0, 0.05) is 0 Å². The first-order valence-electron chi connectivity index (χ1n) is 3.19. The number of hydrogen-bond donors (Lipinski definition) is 2. The third-order valence-electron chi connectivity index (χ3n) is 1.21. The molecule has 6 heteroatoms. The number of aliphatic carboxylic acids is 2. The highest BCUT2D eigenvalue weighted by molar-refractivity contribution is 6.30. The minimum Gasteiger partial charge on any atom is -0.480 e. The minimum absolute atomic E-state index is 0.0529. The van der Waals surface area contributed by atoms with Crippen molar-refractivity contribution < 1.29 is 19.8 Å². The van der Waals surface area contributed by atoms with Crippen molar-refractivity contribution in [2.75, 3.05) is 0 Å². The van der Waals surface area contributed by atoms with Crippen LogP contribution in [-0.2, 0) is 9.59 Å². The maximum absolute atomic E-state index is 10.2. The van der Waals surface area contributed by atoms with E-state index in [1.807, 2.05) is 0 Å². The summed E-state index contributed by atoms with van der Waals surface area (Å²) >= 11 is 10.6. The predicted molar refractivity (Wildman–Crippen MR) is 43.8 cm³/mol. The van der Waals surface area contributed by atoms with E-state index in [9.17, 15) is 9.59 Å². The Morgan fingerprint density at radius 1 is 1.00 bits per heavy atom. The van der Waals surface area contributed by atoms with Crippen molar-refractivity contribution in [2.45, 2.75) is 23.6 Å². The smallest absolute Gasteiger partial charge is 0.321 e. The molecule has 0 aromatic rings. The fraction of sp³-hybridized carbons (Fsp3) is 0.667. The summed E-state index contributed by atoms with van der Waals surface area (Å²) in [6.45, 7) is 0. The number of carboxylic acids is 2. The van der Waals surface area contributed by atoms with Gasteiger partial charge in [0.1, 0.15) is 10.8 Å². The van der Waals surface area contributed by atoms with E-state index in [4.69, 9.17) is 33.4 Å². The van der Waals surface area contributed by atoms with Gasteiger partial charge in [0.2, 0.25) is 0 Å². The van der Waals surface area contributed by atoms with Crippen molar-refractivity contribution in [3.63, 3.8) is 0 Å². The van der Waals surface area contributed by atoms with Crippen LogP contribution in [-0.4, -0.2) is 32.9 Å². The molecule has 0 saturated carbocycles. The second-order valence-electron chi connectivity index (χ2n) is 2.19. The lowest BCUT2D eigenvalue weighted by Crippen LogP contribution is -2.18. The summed E-state index contributed by atoms with van der Waals surface area (Å²) in [6.07, 6.45) is 0.106. The molecule has 0 unspecified atom stereocenters. The van der Waals surface area contributed by atoms with Gasteiger partial charge in [-0.25, -0.2) is 0 Å². The maximum atomic E-state index is 10.2. The molecular formula is C6H8Cl2O4. The van der Waals surface area contributed by atoms with Crippen molar-refractivity contribution in [1.82, 2.24) is 0 Å². The largest absolute Gasteiger partial charge is 0.480 e. The van der Waals surface area contributed by atoms with E-state index in [-0.39, 0.29) is 12.8 Å². The Balaban J connectivity index is 3.68. The first-order valence-corrected chi connectivity index (χ1v) is 4.06. The molecule has 70 valence electrons. The van der Waals surface area contributed by atoms with Crippen molar-refractivity contribution in [2.24, 2.45) is 0 Å². The van der Waals surface area contributed by atoms with Gasteiger partial charge in [0.15, 0.2) is 0 Å². The van der Waals surface area contributed by atoms with Gasteiger partial charge in [-0.15, -0.1) is 23.2 Å². The van der Waals surface area contributed by atoms with E-state index in [1.54, 1.807) is 0 Å². The molecule has 2 N–H and O–H groups in total. The predicted octanol–water partition coefficient (Wildman–Crippen LogP) is 1.15. The van der Waals surface area contributed by atoms with E-state index in [0.29, 0.717) is 0 Å². The number of rotatable bonds is 5. The second kappa shape index (κ2) is 5.22. The summed E-state index contributed by atoms with van der Waals surface area (Å²) in [6, 6.07) is 0. The zero-order valence-corrected chi connectivity index (χ0v) is 7.55. The fourth-order valence-corrected chi connectivity index (χ4v) is 0.792. The second-order valence-corrected chi connectivity index (χ2v) is 3.24. The van der Waals surface area contributed by atoms with Crippen molar-refractivity contribution >= 4 is 35.1 Å². The van der Waals surface area contributed by atoms with Crippen molar-refractivity contribution in [3.05, 3.63) is 0 Å². The van der Waals surface area contributed by atoms with E-state index >= 15 is 0 Å². The molecular weight excluding hydrogens is 207 g/mol. The van der Waals surface area contributed by atoms with Crippen molar-refractivity contribution in [3.8, 4) is 0 Å². The lowest BCUT2D eigenvalue weighted by molar-refractivity contribution is -0.138. The van der Waals surface area contributed by atoms with Crippen LogP contribution >= 0.6 is 23.2 Å². The lowest BCUT2D eigenvalue weighted by Gasteiger charge is -2.05. The number of alkyl halides is 2. The number of hydrogen-bond acceptors (Lipinski definition) is 2. The first-order chi connectivity index (χ1) is 5.45. The number of halogens is 2. The monoisotopic (exact) mass is 214 g/mol. The maximum Gasteiger partial charge on any atom is 0.321 e. The summed E-state index contributed by atoms with van der Waals surface area (Å²) in [7, 11) is 0. The Bertz CT molecular complexity index is 162. The Hall–Kier alpha value is -0.480. The SMILES string of the molecule is O=C(O)[C@H](Cl)CC[C@H](Cl)C(=O)O. The summed E-state index contributed by atoms with van der Waals surface area (Å²) in [4.78, 5) is 20.3. The Kier molecular flexibility index (Phi) is 5.01. The average molecular weight is 215 g/mol. The van der Waals surface area contributed by atoms with Gasteiger partial charge >= 0.3 is 11.9 Å². The zero-order chi connectivity index (χ0) is 9.72. The summed E-state index contributed by atoms with van der Waals surface area (Å²) in [5.41, 5.74) is 0. The third-order valence-corrected chi connectivity index (χ3v) is 2.02. The topological polar surface area (TPSA) is 74.6 Å². The molecule has 0 aromatic heterocycles. The molecule has 2 atom stereocenters. The Labute approximate surface area is 79.1 Å². The molecule has 0 bridgehead atoms. The van der Waals surface area contributed by atoms with Crippen LogP contribution in [0.4, 0.5) is 0 Å². The molecule has 0 heterocycles. The summed E-state index contributed by atoms with van der Waals surface area (Å²) in [5, 5.41) is 14.5. The molecule has 4 nitrogen and oxygen atoms in total. The van der Waals surface area contributed by atoms with Crippen LogP contribution in [0.5, 0.6) is 0 Å². The van der Waals surface area contributed by atoms with Crippen LogP contribution in [0.2, 0.25) is 0 Å². The van der Waals surface area contributed by atoms with Crippen LogP contribution in [0.3, 0.4) is 0 Å². The highest BCUT2D eigenvalue weighted by atomic mass is 35.5. The Morgan fingerprint density at radius 3 is 1.42 bits per heavy atom. The van der Waals surface area contributed by atoms with Gasteiger partial charge in [0.25, 0.3) is 0 Å². The van der Waals surface area contributed by atoms with Crippen LogP contribution in [0.1, 0.15) is 12.8 Å². The highest BCUT2D eigenvalue weighted by Crippen LogP contribution is 2.11. The van der Waals surface area contributed by atoms with Crippen LogP contribution in [0.25, 0.3) is 0 Å². The van der Waals surface area contributed by atoms with Gasteiger partial charge in [-0.05, 0) is 12.8 Å². The normalized spacial score (nSPS) is 15.2. The molecule has 0 spiro atoms. The minimum atomic E-state index is -1.16. The van der Waals surface area contributed by atoms with Crippen molar-refractivity contribution in [1.29, 1.82) is 0 Å². The molecule has 0 fully saturated rings. The molecule has 0 saturated heterocycles. The first kappa shape index (κ1) is 11.5.